The Morgan fingerprint density at radius 2 is 1.85 bits per heavy atom. The predicted molar refractivity (Wildman–Crippen MR) is 56.7 cm³/mol. The first-order valence-corrected chi connectivity index (χ1v) is 4.82. The molecule has 72 valence electrons. The van der Waals surface area contributed by atoms with Gasteiger partial charge in [0, 0.05) is 0 Å². The topological polar surface area (TPSA) is 9.23 Å². The molecule has 0 N–H and O–H groups in total. The smallest absolute Gasteiger partial charge is 0.141 e. The zero-order chi connectivity index (χ0) is 10.0. The minimum atomic E-state index is 0.166. The maximum Gasteiger partial charge on any atom is 0.141 e. The van der Waals surface area contributed by atoms with Crippen molar-refractivity contribution in [2.24, 2.45) is 0 Å². The summed E-state index contributed by atoms with van der Waals surface area (Å²) in [5.41, 5.74) is 2.26. The quantitative estimate of drug-likeness (QED) is 0.704. The molecule has 13 heavy (non-hydrogen) atoms. The van der Waals surface area contributed by atoms with Crippen LogP contribution in [0.1, 0.15) is 25.0 Å². The van der Waals surface area contributed by atoms with Gasteiger partial charge in [0.05, 0.1) is 11.1 Å². The predicted octanol–water partition coefficient (Wildman–Crippen LogP) is 3.74. The number of halogens is 1. The van der Waals surface area contributed by atoms with E-state index in [1.807, 2.05) is 33.8 Å². The van der Waals surface area contributed by atoms with E-state index in [1.54, 1.807) is 0 Å². The van der Waals surface area contributed by atoms with E-state index >= 15 is 0 Å². The van der Waals surface area contributed by atoms with Crippen molar-refractivity contribution in [3.63, 3.8) is 0 Å². The fourth-order valence-corrected chi connectivity index (χ4v) is 1.65. The molecular formula is C11H15ClO. The van der Waals surface area contributed by atoms with Crippen molar-refractivity contribution in [3.05, 3.63) is 28.3 Å². The van der Waals surface area contributed by atoms with Crippen LogP contribution in [0, 0.1) is 13.8 Å². The van der Waals surface area contributed by atoms with Crippen LogP contribution in [-0.2, 0) is 0 Å². The Morgan fingerprint density at radius 1 is 1.23 bits per heavy atom. The van der Waals surface area contributed by atoms with Crippen LogP contribution >= 0.6 is 11.6 Å². The molecule has 0 aliphatic heterocycles. The molecule has 0 aliphatic rings. The Morgan fingerprint density at radius 3 is 2.31 bits per heavy atom. The molecule has 0 radical (unpaired) electrons. The maximum absolute atomic E-state index is 6.05. The fourth-order valence-electron chi connectivity index (χ4n) is 1.29. The molecule has 0 aliphatic carbocycles. The zero-order valence-electron chi connectivity index (χ0n) is 8.52. The van der Waals surface area contributed by atoms with Gasteiger partial charge in [-0.3, -0.25) is 0 Å². The Bertz CT molecular complexity index is 282. The second-order valence-corrected chi connectivity index (χ2v) is 3.97. The Kier molecular flexibility index (Phi) is 3.21. The van der Waals surface area contributed by atoms with Crippen molar-refractivity contribution in [2.75, 3.05) is 0 Å². The van der Waals surface area contributed by atoms with Gasteiger partial charge in [0.15, 0.2) is 0 Å². The van der Waals surface area contributed by atoms with Gasteiger partial charge in [-0.1, -0.05) is 17.7 Å². The van der Waals surface area contributed by atoms with Gasteiger partial charge in [0.25, 0.3) is 0 Å². The second-order valence-electron chi connectivity index (χ2n) is 3.56. The summed E-state index contributed by atoms with van der Waals surface area (Å²) < 4.78 is 5.60. The number of hydrogen-bond acceptors (Lipinski definition) is 1. The fraction of sp³-hybridized carbons (Fsp3) is 0.455. The lowest BCUT2D eigenvalue weighted by Gasteiger charge is -2.14. The highest BCUT2D eigenvalue weighted by atomic mass is 35.5. The molecular weight excluding hydrogens is 184 g/mol. The third-order valence-corrected chi connectivity index (χ3v) is 2.01. The van der Waals surface area contributed by atoms with Crippen LogP contribution in [0.4, 0.5) is 0 Å². The van der Waals surface area contributed by atoms with Crippen molar-refractivity contribution < 1.29 is 4.74 Å². The van der Waals surface area contributed by atoms with E-state index < -0.39 is 0 Å². The molecule has 0 bridgehead atoms. The first-order valence-electron chi connectivity index (χ1n) is 4.44. The minimum Gasteiger partial charge on any atom is -0.489 e. The number of benzene rings is 1. The molecule has 0 aromatic heterocycles. The van der Waals surface area contributed by atoms with Crippen molar-refractivity contribution in [1.29, 1.82) is 0 Å². The summed E-state index contributed by atoms with van der Waals surface area (Å²) in [4.78, 5) is 0. The molecule has 0 atom stereocenters. The maximum atomic E-state index is 6.05. The van der Waals surface area contributed by atoms with Crippen molar-refractivity contribution in [2.45, 2.75) is 33.8 Å². The van der Waals surface area contributed by atoms with E-state index in [1.165, 1.54) is 5.56 Å². The molecule has 0 fully saturated rings. The highest BCUT2D eigenvalue weighted by Gasteiger charge is 2.07. The van der Waals surface area contributed by atoms with Crippen LogP contribution in [0.3, 0.4) is 0 Å². The van der Waals surface area contributed by atoms with Crippen molar-refractivity contribution >= 4 is 11.6 Å². The van der Waals surface area contributed by atoms with Crippen LogP contribution in [0.2, 0.25) is 5.02 Å². The highest BCUT2D eigenvalue weighted by molar-refractivity contribution is 6.32. The molecule has 1 nitrogen and oxygen atoms in total. The summed E-state index contributed by atoms with van der Waals surface area (Å²) in [5.74, 6) is 0.808. The average molecular weight is 199 g/mol. The Balaban J connectivity index is 3.06. The van der Waals surface area contributed by atoms with Gasteiger partial charge < -0.3 is 4.74 Å². The molecule has 2 heteroatoms. The van der Waals surface area contributed by atoms with Gasteiger partial charge in [0.1, 0.15) is 5.75 Å². The molecule has 1 rings (SSSR count). The zero-order valence-corrected chi connectivity index (χ0v) is 9.27. The van der Waals surface area contributed by atoms with Gasteiger partial charge >= 0.3 is 0 Å². The molecule has 1 aromatic rings. The van der Waals surface area contributed by atoms with Crippen LogP contribution in [0.5, 0.6) is 5.75 Å². The lowest BCUT2D eigenvalue weighted by Crippen LogP contribution is -2.07. The van der Waals surface area contributed by atoms with E-state index in [9.17, 15) is 0 Å². The van der Waals surface area contributed by atoms with E-state index in [4.69, 9.17) is 16.3 Å². The molecule has 1 aromatic carbocycles. The van der Waals surface area contributed by atoms with E-state index in [2.05, 4.69) is 6.07 Å². The molecule has 0 saturated carbocycles. The summed E-state index contributed by atoms with van der Waals surface area (Å²) in [7, 11) is 0. The highest BCUT2D eigenvalue weighted by Crippen LogP contribution is 2.30. The summed E-state index contributed by atoms with van der Waals surface area (Å²) in [6.07, 6.45) is 0.166. The van der Waals surface area contributed by atoms with Crippen molar-refractivity contribution in [3.8, 4) is 5.75 Å². The van der Waals surface area contributed by atoms with Gasteiger partial charge in [-0.05, 0) is 44.9 Å². The van der Waals surface area contributed by atoms with Crippen LogP contribution in [-0.4, -0.2) is 6.10 Å². The average Bonchev–Trinajstić information content (AvgIpc) is 1.96. The van der Waals surface area contributed by atoms with Crippen LogP contribution in [0.15, 0.2) is 12.1 Å². The van der Waals surface area contributed by atoms with Crippen LogP contribution in [0.25, 0.3) is 0 Å². The monoisotopic (exact) mass is 198 g/mol. The summed E-state index contributed by atoms with van der Waals surface area (Å²) in [6.45, 7) is 8.03. The standard InChI is InChI=1S/C11H15ClO/c1-7(2)13-11-9(4)5-8(3)6-10(11)12/h5-7H,1-4H3. The van der Waals surface area contributed by atoms with E-state index in [-0.39, 0.29) is 6.10 Å². The van der Waals surface area contributed by atoms with Crippen molar-refractivity contribution in [1.82, 2.24) is 0 Å². The second kappa shape index (κ2) is 4.01. The molecule has 0 unspecified atom stereocenters. The number of rotatable bonds is 2. The first kappa shape index (κ1) is 10.4. The lowest BCUT2D eigenvalue weighted by molar-refractivity contribution is 0.241. The van der Waals surface area contributed by atoms with Crippen LogP contribution < -0.4 is 4.74 Å². The number of aryl methyl sites for hydroxylation is 2. The summed E-state index contributed by atoms with van der Waals surface area (Å²) in [6, 6.07) is 4.00. The number of hydrogen-bond donors (Lipinski definition) is 0. The molecule has 0 amide bonds. The Hall–Kier alpha value is -0.690. The normalized spacial score (nSPS) is 10.6. The largest absolute Gasteiger partial charge is 0.489 e. The van der Waals surface area contributed by atoms with Gasteiger partial charge in [-0.15, -0.1) is 0 Å². The lowest BCUT2D eigenvalue weighted by atomic mass is 10.1. The number of ether oxygens (including phenoxy) is 1. The first-order chi connectivity index (χ1) is 6.00. The SMILES string of the molecule is Cc1cc(C)c(OC(C)C)c(Cl)c1. The van der Waals surface area contributed by atoms with Gasteiger partial charge in [-0.25, -0.2) is 0 Å². The van der Waals surface area contributed by atoms with Gasteiger partial charge in [-0.2, -0.15) is 0 Å². The third-order valence-electron chi connectivity index (χ3n) is 1.73. The summed E-state index contributed by atoms with van der Waals surface area (Å²) >= 11 is 6.05. The van der Waals surface area contributed by atoms with E-state index in [0.717, 1.165) is 11.3 Å². The summed E-state index contributed by atoms with van der Waals surface area (Å²) in [5, 5.41) is 0.700. The molecule has 0 saturated heterocycles. The Labute approximate surface area is 84.7 Å². The molecule has 0 spiro atoms. The van der Waals surface area contributed by atoms with Gasteiger partial charge in [0.2, 0.25) is 0 Å². The van der Waals surface area contributed by atoms with E-state index in [0.29, 0.717) is 5.02 Å². The minimum absolute atomic E-state index is 0.166. The molecule has 0 heterocycles. The third kappa shape index (κ3) is 2.63.